The highest BCUT2D eigenvalue weighted by atomic mass is 32.2. The molecule has 0 fully saturated rings. The first-order chi connectivity index (χ1) is 11.5. The molecule has 0 spiro atoms. The molecular formula is C18H18N2O3S. The van der Waals surface area contributed by atoms with Crippen molar-refractivity contribution < 1.29 is 8.42 Å². The lowest BCUT2D eigenvalue weighted by Gasteiger charge is -2.09. The van der Waals surface area contributed by atoms with Gasteiger partial charge in [0, 0.05) is 23.5 Å². The Morgan fingerprint density at radius 2 is 1.75 bits per heavy atom. The average Bonchev–Trinajstić information content (AvgIpc) is 2.59. The van der Waals surface area contributed by atoms with Gasteiger partial charge in [-0.3, -0.25) is 4.79 Å². The van der Waals surface area contributed by atoms with Crippen LogP contribution in [-0.4, -0.2) is 13.4 Å². The number of hydrogen-bond donors (Lipinski definition) is 2. The fraction of sp³-hybridized carbons (Fsp3) is 0.167. The molecule has 2 N–H and O–H groups in total. The molecule has 0 amide bonds. The SMILES string of the molecule is CCc1ccc(S(=O)(=O)NCc2cc(=O)[nH]c3ccccc23)cc1. The summed E-state index contributed by atoms with van der Waals surface area (Å²) >= 11 is 0. The van der Waals surface area contributed by atoms with Gasteiger partial charge < -0.3 is 4.98 Å². The lowest BCUT2D eigenvalue weighted by atomic mass is 10.1. The van der Waals surface area contributed by atoms with Gasteiger partial charge in [-0.05, 0) is 35.7 Å². The molecule has 1 heterocycles. The highest BCUT2D eigenvalue weighted by Gasteiger charge is 2.14. The first-order valence-corrected chi connectivity index (χ1v) is 9.17. The molecule has 0 saturated heterocycles. The monoisotopic (exact) mass is 342 g/mol. The largest absolute Gasteiger partial charge is 0.322 e. The van der Waals surface area contributed by atoms with Gasteiger partial charge in [-0.25, -0.2) is 13.1 Å². The third-order valence-corrected chi connectivity index (χ3v) is 5.35. The zero-order valence-corrected chi connectivity index (χ0v) is 14.1. The van der Waals surface area contributed by atoms with Gasteiger partial charge in [-0.15, -0.1) is 0 Å². The number of hydrogen-bond acceptors (Lipinski definition) is 3. The summed E-state index contributed by atoms with van der Waals surface area (Å²) in [6.45, 7) is 2.07. The van der Waals surface area contributed by atoms with Crippen LogP contribution in [0.1, 0.15) is 18.1 Å². The lowest BCUT2D eigenvalue weighted by Crippen LogP contribution is -2.24. The molecule has 6 heteroatoms. The summed E-state index contributed by atoms with van der Waals surface area (Å²) in [5, 5.41) is 0.820. The number of nitrogens with one attached hydrogen (secondary N) is 2. The minimum Gasteiger partial charge on any atom is -0.322 e. The van der Waals surface area contributed by atoms with Gasteiger partial charge in [-0.2, -0.15) is 0 Å². The van der Waals surface area contributed by atoms with E-state index in [9.17, 15) is 13.2 Å². The van der Waals surface area contributed by atoms with Crippen molar-refractivity contribution in [3.05, 3.63) is 76.1 Å². The number of aromatic nitrogens is 1. The summed E-state index contributed by atoms with van der Waals surface area (Å²) in [5.41, 5.74) is 2.15. The van der Waals surface area contributed by atoms with Crippen LogP contribution in [0.4, 0.5) is 0 Å². The van der Waals surface area contributed by atoms with Crippen molar-refractivity contribution in [2.45, 2.75) is 24.8 Å². The third kappa shape index (κ3) is 3.39. The molecule has 0 aliphatic rings. The first kappa shape index (κ1) is 16.4. The maximum absolute atomic E-state index is 12.4. The second-order valence-electron chi connectivity index (χ2n) is 5.53. The van der Waals surface area contributed by atoms with Gasteiger partial charge in [0.05, 0.1) is 4.90 Å². The molecule has 0 atom stereocenters. The van der Waals surface area contributed by atoms with E-state index in [1.165, 1.54) is 6.07 Å². The summed E-state index contributed by atoms with van der Waals surface area (Å²) in [7, 11) is -3.63. The number of rotatable bonds is 5. The van der Waals surface area contributed by atoms with Crippen molar-refractivity contribution in [2.75, 3.05) is 0 Å². The Morgan fingerprint density at radius 3 is 2.46 bits per heavy atom. The fourth-order valence-electron chi connectivity index (χ4n) is 2.58. The van der Waals surface area contributed by atoms with Crippen LogP contribution in [0.3, 0.4) is 0 Å². The lowest BCUT2D eigenvalue weighted by molar-refractivity contribution is 0.581. The first-order valence-electron chi connectivity index (χ1n) is 7.69. The molecule has 24 heavy (non-hydrogen) atoms. The van der Waals surface area contributed by atoms with Crippen LogP contribution < -0.4 is 10.3 Å². The van der Waals surface area contributed by atoms with E-state index in [1.54, 1.807) is 30.3 Å². The Labute approximate surface area is 140 Å². The summed E-state index contributed by atoms with van der Waals surface area (Å²) in [6.07, 6.45) is 0.854. The van der Waals surface area contributed by atoms with E-state index in [1.807, 2.05) is 25.1 Å². The van der Waals surface area contributed by atoms with Crippen molar-refractivity contribution in [1.82, 2.24) is 9.71 Å². The van der Waals surface area contributed by atoms with E-state index in [4.69, 9.17) is 0 Å². The van der Waals surface area contributed by atoms with Crippen molar-refractivity contribution in [3.8, 4) is 0 Å². The van der Waals surface area contributed by atoms with Gasteiger partial charge in [0.2, 0.25) is 15.6 Å². The normalized spacial score (nSPS) is 11.7. The van der Waals surface area contributed by atoms with Gasteiger partial charge >= 0.3 is 0 Å². The molecule has 124 valence electrons. The van der Waals surface area contributed by atoms with Crippen LogP contribution in [0, 0.1) is 0 Å². The molecule has 3 rings (SSSR count). The van der Waals surface area contributed by atoms with Gasteiger partial charge in [0.1, 0.15) is 0 Å². The molecular weight excluding hydrogens is 324 g/mol. The third-order valence-electron chi connectivity index (χ3n) is 3.93. The number of H-pyrrole nitrogens is 1. The smallest absolute Gasteiger partial charge is 0.248 e. The number of fused-ring (bicyclic) bond motifs is 1. The highest BCUT2D eigenvalue weighted by Crippen LogP contribution is 2.16. The van der Waals surface area contributed by atoms with Crippen molar-refractivity contribution in [2.24, 2.45) is 0 Å². The van der Waals surface area contributed by atoms with Crippen molar-refractivity contribution >= 4 is 20.9 Å². The summed E-state index contributed by atoms with van der Waals surface area (Å²) in [4.78, 5) is 14.7. The molecule has 0 aliphatic heterocycles. The Morgan fingerprint density at radius 1 is 1.04 bits per heavy atom. The van der Waals surface area contributed by atoms with E-state index in [2.05, 4.69) is 9.71 Å². The number of aryl methyl sites for hydroxylation is 1. The van der Waals surface area contributed by atoms with E-state index in [0.717, 1.165) is 17.4 Å². The predicted octanol–water partition coefficient (Wildman–Crippen LogP) is 2.57. The molecule has 0 radical (unpaired) electrons. The molecule has 2 aromatic carbocycles. The van der Waals surface area contributed by atoms with Gasteiger partial charge in [-0.1, -0.05) is 37.3 Å². The minimum atomic E-state index is -3.63. The number of benzene rings is 2. The second-order valence-corrected chi connectivity index (χ2v) is 7.29. The minimum absolute atomic E-state index is 0.0578. The molecule has 0 aliphatic carbocycles. The molecule has 0 bridgehead atoms. The van der Waals surface area contributed by atoms with Crippen LogP contribution in [0.15, 0.2) is 64.3 Å². The average molecular weight is 342 g/mol. The Kier molecular flexibility index (Phi) is 4.51. The highest BCUT2D eigenvalue weighted by molar-refractivity contribution is 7.89. The molecule has 0 saturated carbocycles. The van der Waals surface area contributed by atoms with Crippen molar-refractivity contribution in [3.63, 3.8) is 0 Å². The Bertz CT molecular complexity index is 1020. The zero-order valence-electron chi connectivity index (χ0n) is 13.2. The number of pyridine rings is 1. The molecule has 1 aromatic heterocycles. The summed E-state index contributed by atoms with van der Waals surface area (Å²) in [5.74, 6) is 0. The maximum atomic E-state index is 12.4. The zero-order chi connectivity index (χ0) is 17.2. The topological polar surface area (TPSA) is 79.0 Å². The fourth-order valence-corrected chi connectivity index (χ4v) is 3.59. The number of aromatic amines is 1. The van der Waals surface area contributed by atoms with Crippen molar-refractivity contribution in [1.29, 1.82) is 0 Å². The van der Waals surface area contributed by atoms with E-state index >= 15 is 0 Å². The standard InChI is InChI=1S/C18H18N2O3S/c1-2-13-7-9-15(10-8-13)24(22,23)19-12-14-11-18(21)20-17-6-4-3-5-16(14)17/h3-11,19H,2,12H2,1H3,(H,20,21). The molecule has 3 aromatic rings. The second kappa shape index (κ2) is 6.59. The van der Waals surface area contributed by atoms with Gasteiger partial charge in [0.25, 0.3) is 0 Å². The van der Waals surface area contributed by atoms with E-state index in [-0.39, 0.29) is 17.0 Å². The Balaban J connectivity index is 1.88. The number of para-hydroxylation sites is 1. The van der Waals surface area contributed by atoms with Crippen LogP contribution in [-0.2, 0) is 23.0 Å². The summed E-state index contributed by atoms with van der Waals surface area (Å²) in [6, 6.07) is 15.5. The molecule has 5 nitrogen and oxygen atoms in total. The maximum Gasteiger partial charge on any atom is 0.248 e. The Hall–Kier alpha value is -2.44. The quantitative estimate of drug-likeness (QED) is 0.748. The molecule has 0 unspecified atom stereocenters. The summed E-state index contributed by atoms with van der Waals surface area (Å²) < 4.78 is 27.4. The van der Waals surface area contributed by atoms with Crippen LogP contribution in [0.5, 0.6) is 0 Å². The van der Waals surface area contributed by atoms with E-state index in [0.29, 0.717) is 11.1 Å². The van der Waals surface area contributed by atoms with Gasteiger partial charge in [0.15, 0.2) is 0 Å². The van der Waals surface area contributed by atoms with Crippen LogP contribution in [0.25, 0.3) is 10.9 Å². The number of sulfonamides is 1. The van der Waals surface area contributed by atoms with Crippen LogP contribution >= 0.6 is 0 Å². The predicted molar refractivity (Wildman–Crippen MR) is 94.4 cm³/mol. The van der Waals surface area contributed by atoms with E-state index < -0.39 is 10.0 Å². The van der Waals surface area contributed by atoms with Crippen LogP contribution in [0.2, 0.25) is 0 Å².